The Morgan fingerprint density at radius 1 is 1.25 bits per heavy atom. The van der Waals surface area contributed by atoms with Gasteiger partial charge < -0.3 is 5.73 Å². The molecule has 0 spiro atoms. The van der Waals surface area contributed by atoms with Crippen molar-refractivity contribution < 1.29 is 13.2 Å². The van der Waals surface area contributed by atoms with Gasteiger partial charge in [-0.3, -0.25) is 4.79 Å². The minimum Gasteiger partial charge on any atom is -0.366 e. The van der Waals surface area contributed by atoms with E-state index in [9.17, 15) is 13.2 Å². The Hall–Kier alpha value is -1.92. The molecule has 130 valence electrons. The normalized spacial score (nSPS) is 21.4. The highest BCUT2D eigenvalue weighted by Crippen LogP contribution is 2.38. The molecule has 1 unspecified atom stereocenters. The lowest BCUT2D eigenvalue weighted by atomic mass is 9.74. The van der Waals surface area contributed by atoms with E-state index in [1.165, 1.54) is 0 Å². The van der Waals surface area contributed by atoms with Gasteiger partial charge in [-0.2, -0.15) is 0 Å². The molecule has 0 aromatic heterocycles. The summed E-state index contributed by atoms with van der Waals surface area (Å²) in [5.74, 6) is -0.525. The molecule has 0 saturated heterocycles. The first-order valence-corrected chi connectivity index (χ1v) is 9.62. The summed E-state index contributed by atoms with van der Waals surface area (Å²) in [5.41, 5.74) is 6.53. The molecular formula is C18H24N2O3S. The van der Waals surface area contributed by atoms with Crippen molar-refractivity contribution in [1.82, 2.24) is 4.72 Å². The van der Waals surface area contributed by atoms with Gasteiger partial charge in [0.2, 0.25) is 15.9 Å². The van der Waals surface area contributed by atoms with Crippen LogP contribution in [0, 0.1) is 0 Å². The maximum atomic E-state index is 12.0. The summed E-state index contributed by atoms with van der Waals surface area (Å²) >= 11 is 0. The van der Waals surface area contributed by atoms with Crippen molar-refractivity contribution in [2.45, 2.75) is 38.1 Å². The van der Waals surface area contributed by atoms with Crippen LogP contribution in [0.5, 0.6) is 0 Å². The first kappa shape index (κ1) is 18.4. The number of primary amides is 1. The zero-order chi connectivity index (χ0) is 18.2. The van der Waals surface area contributed by atoms with Crippen molar-refractivity contribution in [3.8, 4) is 0 Å². The molecule has 1 aliphatic rings. The second kappa shape index (κ2) is 6.18. The molecule has 1 amide bonds. The van der Waals surface area contributed by atoms with Crippen molar-refractivity contribution in [3.05, 3.63) is 59.2 Å². The Morgan fingerprint density at radius 2 is 1.88 bits per heavy atom. The number of hydrogen-bond donors (Lipinski definition) is 2. The molecule has 3 N–H and O–H groups in total. The molecule has 2 rings (SSSR count). The van der Waals surface area contributed by atoms with Gasteiger partial charge in [-0.1, -0.05) is 63.3 Å². The van der Waals surface area contributed by atoms with E-state index in [1.54, 1.807) is 18.2 Å². The van der Waals surface area contributed by atoms with Gasteiger partial charge in [-0.25, -0.2) is 13.1 Å². The van der Waals surface area contributed by atoms with Crippen LogP contribution in [0.2, 0.25) is 0 Å². The molecule has 0 heterocycles. The molecule has 1 aromatic carbocycles. The van der Waals surface area contributed by atoms with Gasteiger partial charge in [0.25, 0.3) is 0 Å². The van der Waals surface area contributed by atoms with Crippen LogP contribution in [-0.4, -0.2) is 20.6 Å². The molecule has 0 aliphatic heterocycles. The van der Waals surface area contributed by atoms with Gasteiger partial charge >= 0.3 is 0 Å². The van der Waals surface area contributed by atoms with Gasteiger partial charge in [0.15, 0.2) is 0 Å². The monoisotopic (exact) mass is 348 g/mol. The van der Waals surface area contributed by atoms with Gasteiger partial charge in [-0.05, 0) is 23.0 Å². The van der Waals surface area contributed by atoms with Gasteiger partial charge in [0, 0.05) is 5.57 Å². The Balaban J connectivity index is 2.64. The van der Waals surface area contributed by atoms with E-state index in [0.717, 1.165) is 17.4 Å². The van der Waals surface area contributed by atoms with Gasteiger partial charge in [0.05, 0.1) is 11.8 Å². The van der Waals surface area contributed by atoms with E-state index in [1.807, 2.05) is 24.3 Å². The summed E-state index contributed by atoms with van der Waals surface area (Å²) < 4.78 is 26.7. The number of carbonyl (C=O) groups is 1. The van der Waals surface area contributed by atoms with Crippen molar-refractivity contribution in [1.29, 1.82) is 0 Å². The number of benzene rings is 1. The maximum absolute atomic E-state index is 12.0. The van der Waals surface area contributed by atoms with Gasteiger partial charge in [0.1, 0.15) is 0 Å². The number of rotatable bonds is 4. The summed E-state index contributed by atoms with van der Waals surface area (Å²) in [6.45, 7) is 6.24. The van der Waals surface area contributed by atoms with Crippen LogP contribution in [0.3, 0.4) is 0 Å². The van der Waals surface area contributed by atoms with Crippen LogP contribution in [-0.2, 0) is 25.8 Å². The summed E-state index contributed by atoms with van der Waals surface area (Å²) in [4.78, 5) is 11.4. The average Bonchev–Trinajstić information content (AvgIpc) is 2.45. The van der Waals surface area contributed by atoms with E-state index in [4.69, 9.17) is 5.73 Å². The summed E-state index contributed by atoms with van der Waals surface area (Å²) in [7, 11) is -3.48. The van der Waals surface area contributed by atoms with Crippen molar-refractivity contribution in [2.75, 3.05) is 6.26 Å². The first-order chi connectivity index (χ1) is 10.9. The van der Waals surface area contributed by atoms with Crippen LogP contribution < -0.4 is 10.5 Å². The summed E-state index contributed by atoms with van der Waals surface area (Å²) in [6, 6.07) is 7.75. The second-order valence-electron chi connectivity index (χ2n) is 7.20. The highest BCUT2D eigenvalue weighted by Gasteiger charge is 2.37. The Bertz CT molecular complexity index is 817. The maximum Gasteiger partial charge on any atom is 0.248 e. The highest BCUT2D eigenvalue weighted by atomic mass is 32.2. The Kier molecular flexibility index (Phi) is 4.74. The zero-order valence-electron chi connectivity index (χ0n) is 14.5. The number of hydrogen-bond acceptors (Lipinski definition) is 3. The molecular weight excluding hydrogens is 324 g/mol. The molecule has 1 atom stereocenters. The number of carbonyl (C=O) groups excluding carboxylic acids is 1. The molecule has 5 nitrogen and oxygen atoms in total. The molecule has 1 aliphatic carbocycles. The second-order valence-corrected chi connectivity index (χ2v) is 8.95. The van der Waals surface area contributed by atoms with Crippen LogP contribution >= 0.6 is 0 Å². The largest absolute Gasteiger partial charge is 0.366 e. The molecule has 1 aromatic rings. The predicted molar refractivity (Wildman–Crippen MR) is 95.8 cm³/mol. The summed E-state index contributed by atoms with van der Waals surface area (Å²) in [6.07, 6.45) is 6.44. The minimum atomic E-state index is -3.48. The highest BCUT2D eigenvalue weighted by molar-refractivity contribution is 7.88. The molecule has 0 fully saturated rings. The standard InChI is InChI=1S/C18H24N2O3S/c1-17(2,3)14-7-5-6-8-15(14)18(20-24(4,22)23)11-9-13(10-12-18)16(19)21/h5-11,20H,12H2,1-4H3,(H2,19,21). The van der Waals surface area contributed by atoms with E-state index in [2.05, 4.69) is 25.5 Å². The van der Waals surface area contributed by atoms with E-state index >= 15 is 0 Å². The quantitative estimate of drug-likeness (QED) is 0.873. The lowest BCUT2D eigenvalue weighted by Crippen LogP contribution is -2.46. The van der Waals surface area contributed by atoms with Crippen LogP contribution in [0.25, 0.3) is 0 Å². The van der Waals surface area contributed by atoms with E-state index in [0.29, 0.717) is 12.0 Å². The van der Waals surface area contributed by atoms with Crippen LogP contribution in [0.15, 0.2) is 48.1 Å². The first-order valence-electron chi connectivity index (χ1n) is 7.73. The number of nitrogens with one attached hydrogen (secondary N) is 1. The smallest absolute Gasteiger partial charge is 0.248 e. The van der Waals surface area contributed by atoms with Crippen molar-refractivity contribution in [3.63, 3.8) is 0 Å². The fourth-order valence-corrected chi connectivity index (χ4v) is 3.93. The molecule has 6 heteroatoms. The Morgan fingerprint density at radius 3 is 2.33 bits per heavy atom. The lowest BCUT2D eigenvalue weighted by molar-refractivity contribution is -0.114. The fourth-order valence-electron chi connectivity index (χ4n) is 3.01. The average molecular weight is 348 g/mol. The molecule has 0 bridgehead atoms. The number of sulfonamides is 1. The number of nitrogens with two attached hydrogens (primary N) is 1. The third-order valence-electron chi connectivity index (χ3n) is 4.06. The molecule has 0 saturated carbocycles. The fraction of sp³-hybridized carbons (Fsp3) is 0.389. The van der Waals surface area contributed by atoms with E-state index < -0.39 is 21.5 Å². The molecule has 0 radical (unpaired) electrons. The third-order valence-corrected chi connectivity index (χ3v) is 4.79. The predicted octanol–water partition coefficient (Wildman–Crippen LogP) is 2.10. The van der Waals surface area contributed by atoms with Crippen LogP contribution in [0.1, 0.15) is 38.3 Å². The van der Waals surface area contributed by atoms with Gasteiger partial charge in [-0.15, -0.1) is 0 Å². The minimum absolute atomic E-state index is 0.162. The zero-order valence-corrected chi connectivity index (χ0v) is 15.3. The molecule has 24 heavy (non-hydrogen) atoms. The topological polar surface area (TPSA) is 89.3 Å². The van der Waals surface area contributed by atoms with E-state index in [-0.39, 0.29) is 5.41 Å². The SMILES string of the molecule is CC(C)(C)c1ccccc1C1(NS(C)(=O)=O)C=CC(C(N)=O)=CC1. The van der Waals surface area contributed by atoms with Crippen molar-refractivity contribution in [2.24, 2.45) is 5.73 Å². The third kappa shape index (κ3) is 3.94. The number of amides is 1. The van der Waals surface area contributed by atoms with Crippen molar-refractivity contribution >= 4 is 15.9 Å². The lowest BCUT2D eigenvalue weighted by Gasteiger charge is -2.37. The Labute approximate surface area is 143 Å². The van der Waals surface area contributed by atoms with Crippen LogP contribution in [0.4, 0.5) is 0 Å². The summed E-state index contributed by atoms with van der Waals surface area (Å²) in [5, 5.41) is 0.